The summed E-state index contributed by atoms with van der Waals surface area (Å²) in [6, 6.07) is 7.38. The number of amides is 1. The van der Waals surface area contributed by atoms with Crippen LogP contribution in [0.2, 0.25) is 0 Å². The number of carbonyl (C=O) groups excluding carboxylic acids is 1. The van der Waals surface area contributed by atoms with Crippen LogP contribution in [-0.4, -0.2) is 22.0 Å². The Hall–Kier alpha value is -2.21. The second kappa shape index (κ2) is 5.62. The Labute approximate surface area is 113 Å². The summed E-state index contributed by atoms with van der Waals surface area (Å²) in [5.74, 6) is -1.12. The Morgan fingerprint density at radius 2 is 2.00 bits per heavy atom. The number of nitrogens with zero attached hydrogens (tertiary/aromatic N) is 1. The lowest BCUT2D eigenvalue weighted by atomic mass is 10.1. The van der Waals surface area contributed by atoms with E-state index in [9.17, 15) is 9.59 Å². The van der Waals surface area contributed by atoms with Gasteiger partial charge in [0.1, 0.15) is 0 Å². The summed E-state index contributed by atoms with van der Waals surface area (Å²) < 4.78 is 0. The first-order valence-corrected chi connectivity index (χ1v) is 6.47. The van der Waals surface area contributed by atoms with Crippen molar-refractivity contribution in [2.24, 2.45) is 0 Å². The number of thiazole rings is 1. The summed E-state index contributed by atoms with van der Waals surface area (Å²) in [7, 11) is 0. The van der Waals surface area contributed by atoms with Crippen LogP contribution in [0.4, 0.5) is 5.69 Å². The molecule has 0 aliphatic carbocycles. The van der Waals surface area contributed by atoms with Gasteiger partial charge in [0, 0.05) is 24.4 Å². The standard InChI is InChI=1S/C13H12N2O3S/c1-8(16)14-10-4-2-9(3-5-10)6-12-15-11(7-19-12)13(17)18/h2-5,7H,6H2,1H3,(H,14,16)(H,17,18). The number of aromatic carboxylic acids is 1. The number of nitrogens with one attached hydrogen (secondary N) is 1. The summed E-state index contributed by atoms with van der Waals surface area (Å²) >= 11 is 1.33. The maximum atomic E-state index is 10.9. The Morgan fingerprint density at radius 1 is 1.32 bits per heavy atom. The lowest BCUT2D eigenvalue weighted by Crippen LogP contribution is -2.05. The highest BCUT2D eigenvalue weighted by molar-refractivity contribution is 7.09. The fourth-order valence-electron chi connectivity index (χ4n) is 1.57. The Bertz CT molecular complexity index is 605. The van der Waals surface area contributed by atoms with Gasteiger partial charge in [-0.25, -0.2) is 9.78 Å². The van der Waals surface area contributed by atoms with E-state index in [0.29, 0.717) is 6.42 Å². The molecule has 98 valence electrons. The summed E-state index contributed by atoms with van der Waals surface area (Å²) in [5, 5.41) is 13.8. The zero-order valence-corrected chi connectivity index (χ0v) is 11.0. The van der Waals surface area contributed by atoms with E-state index in [-0.39, 0.29) is 11.6 Å². The second-order valence-corrected chi connectivity index (χ2v) is 4.93. The molecule has 1 amide bonds. The van der Waals surface area contributed by atoms with E-state index in [1.54, 1.807) is 0 Å². The zero-order valence-electron chi connectivity index (χ0n) is 10.2. The van der Waals surface area contributed by atoms with Crippen molar-refractivity contribution in [2.75, 3.05) is 5.32 Å². The molecule has 0 fully saturated rings. The number of rotatable bonds is 4. The average molecular weight is 276 g/mol. The third-order valence-electron chi connectivity index (χ3n) is 2.40. The monoisotopic (exact) mass is 276 g/mol. The minimum atomic E-state index is -1.01. The van der Waals surface area contributed by atoms with Crippen LogP contribution in [0.15, 0.2) is 29.6 Å². The van der Waals surface area contributed by atoms with E-state index in [2.05, 4.69) is 10.3 Å². The van der Waals surface area contributed by atoms with E-state index < -0.39 is 5.97 Å². The molecule has 1 heterocycles. The van der Waals surface area contributed by atoms with Gasteiger partial charge in [-0.2, -0.15) is 0 Å². The molecule has 2 N–H and O–H groups in total. The largest absolute Gasteiger partial charge is 0.476 e. The lowest BCUT2D eigenvalue weighted by molar-refractivity contribution is -0.114. The molecule has 5 nitrogen and oxygen atoms in total. The fraction of sp³-hybridized carbons (Fsp3) is 0.154. The van der Waals surface area contributed by atoms with Crippen molar-refractivity contribution in [1.82, 2.24) is 4.98 Å². The van der Waals surface area contributed by atoms with Crippen molar-refractivity contribution in [2.45, 2.75) is 13.3 Å². The first-order valence-electron chi connectivity index (χ1n) is 5.59. The Balaban J connectivity index is 2.06. The van der Waals surface area contributed by atoms with Gasteiger partial charge >= 0.3 is 5.97 Å². The number of hydrogen-bond donors (Lipinski definition) is 2. The lowest BCUT2D eigenvalue weighted by Gasteiger charge is -2.03. The smallest absolute Gasteiger partial charge is 0.355 e. The maximum absolute atomic E-state index is 10.9. The van der Waals surface area contributed by atoms with Crippen molar-refractivity contribution < 1.29 is 14.7 Å². The molecular formula is C13H12N2O3S. The summed E-state index contributed by atoms with van der Waals surface area (Å²) in [5.41, 5.74) is 1.83. The van der Waals surface area contributed by atoms with Gasteiger partial charge in [-0.05, 0) is 17.7 Å². The number of anilines is 1. The molecule has 0 atom stereocenters. The first-order chi connectivity index (χ1) is 9.04. The maximum Gasteiger partial charge on any atom is 0.355 e. The molecule has 2 aromatic rings. The summed E-state index contributed by atoms with van der Waals surface area (Å²) in [4.78, 5) is 25.6. The van der Waals surface area contributed by atoms with Crippen molar-refractivity contribution in [3.8, 4) is 0 Å². The van der Waals surface area contributed by atoms with Crippen LogP contribution in [0.25, 0.3) is 0 Å². The van der Waals surface area contributed by atoms with E-state index in [4.69, 9.17) is 5.11 Å². The van der Waals surface area contributed by atoms with Gasteiger partial charge in [-0.3, -0.25) is 4.79 Å². The molecule has 0 saturated carbocycles. The summed E-state index contributed by atoms with van der Waals surface area (Å²) in [6.07, 6.45) is 0.582. The Kier molecular flexibility index (Phi) is 3.91. The predicted octanol–water partition coefficient (Wildman–Crippen LogP) is 2.39. The number of benzene rings is 1. The van der Waals surface area contributed by atoms with E-state index in [0.717, 1.165) is 16.3 Å². The predicted molar refractivity (Wildman–Crippen MR) is 72.6 cm³/mol. The van der Waals surface area contributed by atoms with E-state index in [1.165, 1.54) is 23.6 Å². The zero-order chi connectivity index (χ0) is 13.8. The normalized spacial score (nSPS) is 10.2. The molecule has 2 rings (SSSR count). The molecule has 0 aliphatic heterocycles. The molecule has 1 aromatic carbocycles. The van der Waals surface area contributed by atoms with E-state index in [1.807, 2.05) is 24.3 Å². The number of carbonyl (C=O) groups is 2. The quantitative estimate of drug-likeness (QED) is 0.898. The highest BCUT2D eigenvalue weighted by Crippen LogP contribution is 2.17. The van der Waals surface area contributed by atoms with Crippen molar-refractivity contribution in [3.05, 3.63) is 45.9 Å². The van der Waals surface area contributed by atoms with Crippen LogP contribution in [-0.2, 0) is 11.2 Å². The number of hydrogen-bond acceptors (Lipinski definition) is 4. The van der Waals surface area contributed by atoms with Crippen LogP contribution < -0.4 is 5.32 Å². The Morgan fingerprint density at radius 3 is 2.53 bits per heavy atom. The van der Waals surface area contributed by atoms with Crippen LogP contribution >= 0.6 is 11.3 Å². The molecule has 1 aromatic heterocycles. The van der Waals surface area contributed by atoms with Crippen LogP contribution in [0.5, 0.6) is 0 Å². The number of aromatic nitrogens is 1. The molecule has 0 aliphatic rings. The topological polar surface area (TPSA) is 79.3 Å². The molecule has 19 heavy (non-hydrogen) atoms. The minimum absolute atomic E-state index is 0.0786. The van der Waals surface area contributed by atoms with Gasteiger partial charge < -0.3 is 10.4 Å². The first kappa shape index (κ1) is 13.2. The molecule has 0 radical (unpaired) electrons. The number of carboxylic acids is 1. The molecule has 0 bridgehead atoms. The highest BCUT2D eigenvalue weighted by Gasteiger charge is 2.08. The SMILES string of the molecule is CC(=O)Nc1ccc(Cc2nc(C(=O)O)cs2)cc1. The van der Waals surface area contributed by atoms with Crippen LogP contribution in [0, 0.1) is 0 Å². The average Bonchev–Trinajstić information content (AvgIpc) is 2.80. The van der Waals surface area contributed by atoms with Gasteiger partial charge in [0.05, 0.1) is 5.01 Å². The van der Waals surface area contributed by atoms with Crippen molar-refractivity contribution in [3.63, 3.8) is 0 Å². The molecule has 0 spiro atoms. The van der Waals surface area contributed by atoms with Gasteiger partial charge in [0.15, 0.2) is 5.69 Å². The summed E-state index contributed by atoms with van der Waals surface area (Å²) in [6.45, 7) is 1.46. The fourth-order valence-corrected chi connectivity index (χ4v) is 2.38. The van der Waals surface area contributed by atoms with Gasteiger partial charge in [0.25, 0.3) is 0 Å². The van der Waals surface area contributed by atoms with Crippen LogP contribution in [0.1, 0.15) is 28.0 Å². The molecule has 0 unspecified atom stereocenters. The van der Waals surface area contributed by atoms with Gasteiger partial charge in [0.2, 0.25) is 5.91 Å². The van der Waals surface area contributed by atoms with Crippen molar-refractivity contribution >= 4 is 28.9 Å². The highest BCUT2D eigenvalue weighted by atomic mass is 32.1. The molecule has 6 heteroatoms. The van der Waals surface area contributed by atoms with Gasteiger partial charge in [-0.15, -0.1) is 11.3 Å². The van der Waals surface area contributed by atoms with Crippen molar-refractivity contribution in [1.29, 1.82) is 0 Å². The second-order valence-electron chi connectivity index (χ2n) is 3.99. The van der Waals surface area contributed by atoms with Gasteiger partial charge in [-0.1, -0.05) is 12.1 Å². The molecular weight excluding hydrogens is 264 g/mol. The third kappa shape index (κ3) is 3.62. The molecule has 0 saturated heterocycles. The third-order valence-corrected chi connectivity index (χ3v) is 3.25. The van der Waals surface area contributed by atoms with E-state index >= 15 is 0 Å². The van der Waals surface area contributed by atoms with Crippen LogP contribution in [0.3, 0.4) is 0 Å². The number of carboxylic acid groups (broad SMARTS) is 1. The minimum Gasteiger partial charge on any atom is -0.476 e.